The molecule has 13 heteroatoms. The molecular weight excluding hydrogens is 679 g/mol. The lowest BCUT2D eigenvalue weighted by atomic mass is 9.99. The van der Waals surface area contributed by atoms with Gasteiger partial charge in [0.25, 0.3) is 0 Å². The number of unbranched alkanes of at least 4 members (excludes halogenated alkanes) is 1. The molecular formula is C39H43N7O5S. The van der Waals surface area contributed by atoms with Gasteiger partial charge in [-0.3, -0.25) is 9.59 Å². The summed E-state index contributed by atoms with van der Waals surface area (Å²) in [5, 5.41) is 27.8. The Labute approximate surface area is 307 Å². The first-order valence-corrected chi connectivity index (χ1v) is 18.3. The number of ether oxygens (including phenoxy) is 2. The van der Waals surface area contributed by atoms with Gasteiger partial charge in [-0.1, -0.05) is 90.6 Å². The molecule has 2 amide bonds. The molecule has 0 unspecified atom stereocenters. The Hall–Kier alpha value is -5.08. The van der Waals surface area contributed by atoms with Crippen LogP contribution in [-0.2, 0) is 39.3 Å². The number of nitrogens with zero attached hydrogens (tertiary/aromatic N) is 4. The number of hydrogen-bond acceptors (Lipinski definition) is 10. The van der Waals surface area contributed by atoms with Crippen molar-refractivity contribution in [3.63, 3.8) is 0 Å². The van der Waals surface area contributed by atoms with Gasteiger partial charge in [-0.15, -0.1) is 5.10 Å². The highest BCUT2D eigenvalue weighted by Gasteiger charge is 2.32. The number of aliphatic hydroxyl groups is 1. The van der Waals surface area contributed by atoms with Gasteiger partial charge in [-0.05, 0) is 69.3 Å². The van der Waals surface area contributed by atoms with Gasteiger partial charge in [-0.2, -0.15) is 0 Å². The van der Waals surface area contributed by atoms with E-state index in [2.05, 4.69) is 44.4 Å². The third-order valence-corrected chi connectivity index (χ3v) is 9.96. The van der Waals surface area contributed by atoms with Crippen molar-refractivity contribution in [1.82, 2.24) is 25.5 Å². The summed E-state index contributed by atoms with van der Waals surface area (Å²) in [6.07, 6.45) is 1.66. The van der Waals surface area contributed by atoms with Crippen LogP contribution in [0.25, 0.3) is 11.1 Å². The zero-order valence-corrected chi connectivity index (χ0v) is 29.8. The second kappa shape index (κ2) is 17.9. The predicted molar refractivity (Wildman–Crippen MR) is 200 cm³/mol. The molecule has 1 aromatic heterocycles. The van der Waals surface area contributed by atoms with E-state index in [-0.39, 0.29) is 30.6 Å². The van der Waals surface area contributed by atoms with Crippen LogP contribution in [0.3, 0.4) is 0 Å². The minimum Gasteiger partial charge on any atom is -0.397 e. The molecule has 5 N–H and O–H groups in total. The van der Waals surface area contributed by atoms with E-state index >= 15 is 0 Å². The Balaban J connectivity index is 1.02. The largest absolute Gasteiger partial charge is 0.397 e. The first-order valence-electron chi connectivity index (χ1n) is 17.3. The lowest BCUT2D eigenvalue weighted by Gasteiger charge is -2.36. The molecule has 1 fully saturated rings. The first-order chi connectivity index (χ1) is 25.3. The fraction of sp³-hybridized carbons (Fsp3) is 0.308. The van der Waals surface area contributed by atoms with Crippen LogP contribution in [0.2, 0.25) is 0 Å². The molecule has 5 aromatic rings. The summed E-state index contributed by atoms with van der Waals surface area (Å²) in [4.78, 5) is 24.8. The van der Waals surface area contributed by atoms with E-state index in [1.165, 1.54) is 0 Å². The quantitative estimate of drug-likeness (QED) is 0.0563. The topological polar surface area (TPSA) is 167 Å². The van der Waals surface area contributed by atoms with Crippen molar-refractivity contribution in [1.29, 1.82) is 0 Å². The molecule has 6 rings (SSSR count). The summed E-state index contributed by atoms with van der Waals surface area (Å²) >= 11 is 1.54. The van der Waals surface area contributed by atoms with Crippen molar-refractivity contribution in [2.45, 2.75) is 68.9 Å². The van der Waals surface area contributed by atoms with Crippen molar-refractivity contribution >= 4 is 35.0 Å². The van der Waals surface area contributed by atoms with Gasteiger partial charge in [0, 0.05) is 44.2 Å². The minimum atomic E-state index is -0.577. The average Bonchev–Trinajstić information content (AvgIpc) is 3.60. The first kappa shape index (κ1) is 36.7. The number of hydrogen-bond donors (Lipinski definition) is 4. The maximum atomic E-state index is 12.5. The third kappa shape index (κ3) is 10.0. The van der Waals surface area contributed by atoms with E-state index < -0.39 is 6.29 Å². The molecule has 1 aliphatic heterocycles. The number of anilines is 2. The molecule has 1 saturated heterocycles. The number of nitrogens with one attached hydrogen (secondary N) is 2. The number of aromatic nitrogens is 4. The van der Waals surface area contributed by atoms with Crippen molar-refractivity contribution < 1.29 is 24.2 Å². The molecule has 270 valence electrons. The van der Waals surface area contributed by atoms with Crippen LogP contribution in [0.4, 0.5) is 11.4 Å². The number of carbonyl (C=O) groups excluding carboxylic acids is 2. The van der Waals surface area contributed by atoms with Crippen molar-refractivity contribution in [3.8, 4) is 11.1 Å². The monoisotopic (exact) mass is 721 g/mol. The van der Waals surface area contributed by atoms with Crippen molar-refractivity contribution in [2.75, 3.05) is 16.8 Å². The van der Waals surface area contributed by atoms with Crippen LogP contribution in [0.15, 0.2) is 102 Å². The highest BCUT2D eigenvalue weighted by Crippen LogP contribution is 2.39. The molecule has 12 nitrogen and oxygen atoms in total. The van der Waals surface area contributed by atoms with Crippen molar-refractivity contribution in [2.24, 2.45) is 7.05 Å². The molecule has 0 radical (unpaired) electrons. The zero-order valence-electron chi connectivity index (χ0n) is 29.0. The Kier molecular flexibility index (Phi) is 12.6. The van der Waals surface area contributed by atoms with Gasteiger partial charge in [0.1, 0.15) is 0 Å². The molecule has 0 aliphatic carbocycles. The zero-order chi connectivity index (χ0) is 36.3. The van der Waals surface area contributed by atoms with Crippen LogP contribution in [0.5, 0.6) is 0 Å². The molecule has 2 heterocycles. The number of aryl methyl sites for hydroxylation is 1. The summed E-state index contributed by atoms with van der Waals surface area (Å²) in [7, 11) is 1.81. The van der Waals surface area contributed by atoms with Gasteiger partial charge in [0.05, 0.1) is 30.2 Å². The maximum absolute atomic E-state index is 12.5. The lowest BCUT2D eigenvalue weighted by Crippen LogP contribution is -2.31. The van der Waals surface area contributed by atoms with E-state index in [4.69, 9.17) is 15.2 Å². The molecule has 1 aliphatic rings. The number of nitrogen functional groups attached to an aromatic ring is 1. The van der Waals surface area contributed by atoms with Crippen LogP contribution >= 0.6 is 11.8 Å². The number of para-hydroxylation sites is 2. The Morgan fingerprint density at radius 3 is 2.37 bits per heavy atom. The summed E-state index contributed by atoms with van der Waals surface area (Å²) in [5.74, 6) is 0.484. The van der Waals surface area contributed by atoms with Crippen LogP contribution < -0.4 is 16.4 Å². The number of tetrazole rings is 1. The third-order valence-electron chi connectivity index (χ3n) is 8.82. The van der Waals surface area contributed by atoms with Gasteiger partial charge in [0.2, 0.25) is 17.0 Å². The van der Waals surface area contributed by atoms with E-state index in [9.17, 15) is 14.7 Å². The van der Waals surface area contributed by atoms with E-state index in [1.807, 2.05) is 73.8 Å². The summed E-state index contributed by atoms with van der Waals surface area (Å²) < 4.78 is 14.6. The Bertz CT molecular complexity index is 1940. The van der Waals surface area contributed by atoms with Crippen molar-refractivity contribution in [3.05, 3.63) is 119 Å². The number of thioether (sulfide) groups is 1. The predicted octanol–water partition coefficient (Wildman–Crippen LogP) is 6.10. The number of aliphatic hydroxyl groups excluding tert-OH is 1. The smallest absolute Gasteiger partial charge is 0.224 e. The summed E-state index contributed by atoms with van der Waals surface area (Å²) in [6.45, 7) is 0.398. The normalized spacial score (nSPS) is 17.1. The molecule has 3 atom stereocenters. The number of benzene rings is 4. The number of nitrogens with two attached hydrogens (primary N) is 1. The summed E-state index contributed by atoms with van der Waals surface area (Å²) in [6, 6.07) is 31.2. The second-order valence-corrected chi connectivity index (χ2v) is 13.7. The molecule has 4 aromatic carbocycles. The fourth-order valence-corrected chi connectivity index (χ4v) is 6.78. The maximum Gasteiger partial charge on any atom is 0.224 e. The van der Waals surface area contributed by atoms with Gasteiger partial charge >= 0.3 is 0 Å². The van der Waals surface area contributed by atoms with E-state index in [1.54, 1.807) is 28.6 Å². The molecule has 0 spiro atoms. The van der Waals surface area contributed by atoms with Gasteiger partial charge < -0.3 is 30.9 Å². The fourth-order valence-electron chi connectivity index (χ4n) is 5.91. The highest BCUT2D eigenvalue weighted by atomic mass is 32.2. The summed E-state index contributed by atoms with van der Waals surface area (Å²) in [5.41, 5.74) is 12.8. The van der Waals surface area contributed by atoms with Crippen LogP contribution in [0.1, 0.15) is 66.8 Å². The standard InChI is InChI=1S/C39H43N7O5S/c1-46-39(43-44-45-46)52-25-32-22-35(29-15-13-26(24-47)14-16-29)51-38(50-32)30-19-17-28(18-20-30)31-8-6-7-27(21-31)23-41-36(48)11-4-5-12-37(49)42-34-10-3-2-9-33(34)40/h2-3,6-10,13-21,32,35,38,47H,4-5,11-12,22-25,40H2,1H3,(H,41,48)(H,42,49)/t32-,35+,38+/m0/s1. The second-order valence-electron chi connectivity index (χ2n) is 12.7. The van der Waals surface area contributed by atoms with E-state index in [0.717, 1.165) is 33.4 Å². The number of amides is 2. The average molecular weight is 722 g/mol. The Morgan fingerprint density at radius 2 is 1.63 bits per heavy atom. The van der Waals surface area contributed by atoms with Crippen LogP contribution in [-0.4, -0.2) is 49.0 Å². The van der Waals surface area contributed by atoms with Gasteiger partial charge in [0.15, 0.2) is 6.29 Å². The molecule has 0 bridgehead atoms. The van der Waals surface area contributed by atoms with Crippen LogP contribution in [0, 0.1) is 0 Å². The van der Waals surface area contributed by atoms with Gasteiger partial charge in [-0.25, -0.2) is 4.68 Å². The lowest BCUT2D eigenvalue weighted by molar-refractivity contribution is -0.245. The number of rotatable bonds is 15. The highest BCUT2D eigenvalue weighted by molar-refractivity contribution is 7.99. The molecule has 52 heavy (non-hydrogen) atoms. The SMILES string of the molecule is Cn1nnnc1SC[C@@H]1C[C@H](c2ccc(CO)cc2)O[C@H](c2ccc(-c3cccc(CNC(=O)CCCCC(=O)Nc4ccccc4N)c3)cc2)O1. The minimum absolute atomic E-state index is 0.0119. The molecule has 0 saturated carbocycles. The number of carbonyl (C=O) groups is 2. The van der Waals surface area contributed by atoms with E-state index in [0.29, 0.717) is 60.9 Å². The Morgan fingerprint density at radius 1 is 0.885 bits per heavy atom.